The standard InChI is InChI=1S/C37H49N3O4/c1-34-16-5-18-36(3,29(34)13-9-23-7-11-25(21-27(23)34)39-31(42)15-20-38)32(43)40-33(44)37(4)19-6-17-35(2)28-22-26(41)12-8-24(28)10-14-30(35)37/h7-8,11-12,21-22,29-30,41H,5-6,9-10,13-20,38H2,1-4H3,(H,39,42)(H,40,43,44)/t29-,30-,34-,35-,36+,37+/m1/s1. The van der Waals surface area contributed by atoms with E-state index in [-0.39, 0.29) is 52.6 Å². The van der Waals surface area contributed by atoms with Crippen LogP contribution >= 0.6 is 0 Å². The summed E-state index contributed by atoms with van der Waals surface area (Å²) in [7, 11) is 0. The molecule has 7 nitrogen and oxygen atoms in total. The molecule has 2 saturated carbocycles. The maximum atomic E-state index is 14.4. The van der Waals surface area contributed by atoms with E-state index in [1.54, 1.807) is 6.07 Å². The molecular weight excluding hydrogens is 550 g/mol. The highest BCUT2D eigenvalue weighted by molar-refractivity contribution is 6.01. The van der Waals surface area contributed by atoms with Gasteiger partial charge in [-0.3, -0.25) is 19.7 Å². The van der Waals surface area contributed by atoms with E-state index in [2.05, 4.69) is 50.5 Å². The first kappa shape index (κ1) is 30.8. The zero-order valence-electron chi connectivity index (χ0n) is 26.9. The molecular formula is C37H49N3O4. The Labute approximate surface area is 261 Å². The summed E-state index contributed by atoms with van der Waals surface area (Å²) in [5.74, 6) is 0.0535. The highest BCUT2D eigenvalue weighted by atomic mass is 16.3. The molecule has 0 bridgehead atoms. The first-order chi connectivity index (χ1) is 20.8. The van der Waals surface area contributed by atoms with Crippen molar-refractivity contribution in [2.24, 2.45) is 28.4 Å². The molecule has 0 spiro atoms. The van der Waals surface area contributed by atoms with Gasteiger partial charge in [-0.15, -0.1) is 0 Å². The average Bonchev–Trinajstić information content (AvgIpc) is 2.97. The third-order valence-corrected chi connectivity index (χ3v) is 12.6. The molecule has 0 aliphatic heterocycles. The van der Waals surface area contributed by atoms with E-state index in [0.717, 1.165) is 75.5 Å². The van der Waals surface area contributed by atoms with E-state index < -0.39 is 10.8 Å². The molecule has 0 saturated heterocycles. The first-order valence-corrected chi connectivity index (χ1v) is 16.7. The number of benzene rings is 2. The average molecular weight is 600 g/mol. The molecule has 0 heterocycles. The monoisotopic (exact) mass is 599 g/mol. The van der Waals surface area contributed by atoms with Gasteiger partial charge in [0.05, 0.1) is 10.8 Å². The second-order valence-electron chi connectivity index (χ2n) is 15.1. The highest BCUT2D eigenvalue weighted by Crippen LogP contribution is 2.59. The summed E-state index contributed by atoms with van der Waals surface area (Å²) in [6.07, 6.45) is 9.03. The molecule has 3 amide bonds. The summed E-state index contributed by atoms with van der Waals surface area (Å²) in [6, 6.07) is 11.9. The van der Waals surface area contributed by atoms with Crippen LogP contribution in [0, 0.1) is 22.7 Å². The number of phenolic OH excluding ortho intramolecular Hbond substituents is 1. The number of amides is 3. The van der Waals surface area contributed by atoms with Crippen molar-refractivity contribution in [3.8, 4) is 5.75 Å². The molecule has 2 aromatic carbocycles. The van der Waals surface area contributed by atoms with Crippen LogP contribution in [-0.2, 0) is 38.1 Å². The summed E-state index contributed by atoms with van der Waals surface area (Å²) in [6.45, 7) is 8.97. The Morgan fingerprint density at radius 2 is 1.32 bits per heavy atom. The highest BCUT2D eigenvalue weighted by Gasteiger charge is 2.58. The van der Waals surface area contributed by atoms with Crippen LogP contribution in [0.5, 0.6) is 5.75 Å². The van der Waals surface area contributed by atoms with E-state index in [1.165, 1.54) is 16.7 Å². The van der Waals surface area contributed by atoms with E-state index >= 15 is 0 Å². The molecule has 4 aliphatic rings. The lowest BCUT2D eigenvalue weighted by atomic mass is 9.49. The predicted octanol–water partition coefficient (Wildman–Crippen LogP) is 6.04. The fraction of sp³-hybridized carbons (Fsp3) is 0.595. The van der Waals surface area contributed by atoms with Gasteiger partial charge in [0.25, 0.3) is 0 Å². The minimum atomic E-state index is -0.682. The van der Waals surface area contributed by atoms with E-state index in [0.29, 0.717) is 6.54 Å². The molecule has 5 N–H and O–H groups in total. The van der Waals surface area contributed by atoms with Gasteiger partial charge in [0, 0.05) is 18.7 Å². The molecule has 236 valence electrons. The third-order valence-electron chi connectivity index (χ3n) is 12.6. The molecule has 2 fully saturated rings. The van der Waals surface area contributed by atoms with Gasteiger partial charge in [-0.2, -0.15) is 0 Å². The third kappa shape index (κ3) is 4.77. The van der Waals surface area contributed by atoms with Crippen molar-refractivity contribution in [1.82, 2.24) is 5.32 Å². The second-order valence-corrected chi connectivity index (χ2v) is 15.1. The number of phenols is 1. The molecule has 0 radical (unpaired) electrons. The molecule has 6 atom stereocenters. The molecule has 4 aliphatic carbocycles. The van der Waals surface area contributed by atoms with Gasteiger partial charge in [0.1, 0.15) is 5.75 Å². The molecule has 44 heavy (non-hydrogen) atoms. The summed E-state index contributed by atoms with van der Waals surface area (Å²) < 4.78 is 0. The van der Waals surface area contributed by atoms with Crippen molar-refractivity contribution in [2.75, 3.05) is 11.9 Å². The molecule has 6 rings (SSSR count). The Balaban J connectivity index is 1.25. The number of nitrogens with one attached hydrogen (secondary N) is 2. The maximum Gasteiger partial charge on any atom is 0.232 e. The normalized spacial score (nSPS) is 34.0. The van der Waals surface area contributed by atoms with Crippen molar-refractivity contribution >= 4 is 23.4 Å². The topological polar surface area (TPSA) is 122 Å². The van der Waals surface area contributed by atoms with Gasteiger partial charge >= 0.3 is 0 Å². The SMILES string of the molecule is C[C@]1(C(=O)NC(=O)[C@@]2(C)CCC[C@]3(C)c4cc(NC(=O)CCN)ccc4CC[C@@H]23)CCC[C@]2(C)c3cc(O)ccc3CC[C@@H]12. The lowest BCUT2D eigenvalue weighted by Crippen LogP contribution is -2.60. The van der Waals surface area contributed by atoms with E-state index in [9.17, 15) is 19.5 Å². The lowest BCUT2D eigenvalue weighted by Gasteiger charge is -2.56. The summed E-state index contributed by atoms with van der Waals surface area (Å²) in [5.41, 5.74) is 9.45. The van der Waals surface area contributed by atoms with E-state index in [4.69, 9.17) is 5.73 Å². The van der Waals surface area contributed by atoms with Crippen molar-refractivity contribution in [3.05, 3.63) is 58.7 Å². The Kier molecular flexibility index (Phi) is 7.71. The predicted molar refractivity (Wildman–Crippen MR) is 172 cm³/mol. The number of anilines is 1. The van der Waals surface area contributed by atoms with Crippen LogP contribution in [0.2, 0.25) is 0 Å². The van der Waals surface area contributed by atoms with Gasteiger partial charge < -0.3 is 16.2 Å². The Bertz CT molecular complexity index is 1500. The number of fused-ring (bicyclic) bond motifs is 6. The van der Waals surface area contributed by atoms with Crippen LogP contribution in [0.3, 0.4) is 0 Å². The largest absolute Gasteiger partial charge is 0.508 e. The van der Waals surface area contributed by atoms with Crippen LogP contribution in [0.4, 0.5) is 5.69 Å². The van der Waals surface area contributed by atoms with E-state index in [1.807, 2.05) is 18.2 Å². The summed E-state index contributed by atoms with van der Waals surface area (Å²) in [5, 5.41) is 16.3. The zero-order chi connectivity index (χ0) is 31.5. The number of aromatic hydroxyl groups is 1. The van der Waals surface area contributed by atoms with Crippen LogP contribution < -0.4 is 16.4 Å². The number of nitrogens with two attached hydrogens (primary N) is 1. The van der Waals surface area contributed by atoms with Crippen molar-refractivity contribution in [2.45, 2.75) is 109 Å². The second kappa shape index (κ2) is 11.0. The quantitative estimate of drug-likeness (QED) is 0.312. The van der Waals surface area contributed by atoms with Gasteiger partial charge in [0.15, 0.2) is 0 Å². The Morgan fingerprint density at radius 1 is 0.795 bits per heavy atom. The number of hydrogen-bond donors (Lipinski definition) is 4. The van der Waals surface area contributed by atoms with Gasteiger partial charge in [-0.05, 0) is 121 Å². The number of carbonyl (C=O) groups excluding carboxylic acids is 3. The Morgan fingerprint density at radius 3 is 1.86 bits per heavy atom. The van der Waals surface area contributed by atoms with Crippen molar-refractivity contribution < 1.29 is 19.5 Å². The molecule has 2 aromatic rings. The van der Waals surface area contributed by atoms with Crippen LogP contribution in [0.25, 0.3) is 0 Å². The van der Waals surface area contributed by atoms with Crippen LogP contribution in [-0.4, -0.2) is 29.4 Å². The summed E-state index contributed by atoms with van der Waals surface area (Å²) >= 11 is 0. The van der Waals surface area contributed by atoms with Crippen molar-refractivity contribution in [1.29, 1.82) is 0 Å². The van der Waals surface area contributed by atoms with Gasteiger partial charge in [-0.25, -0.2) is 0 Å². The molecule has 0 unspecified atom stereocenters. The zero-order valence-corrected chi connectivity index (χ0v) is 26.9. The minimum absolute atomic E-state index is 0.0769. The fourth-order valence-corrected chi connectivity index (χ4v) is 10.3. The van der Waals surface area contributed by atoms with Crippen LogP contribution in [0.1, 0.15) is 108 Å². The van der Waals surface area contributed by atoms with Crippen LogP contribution in [0.15, 0.2) is 36.4 Å². The lowest BCUT2D eigenvalue weighted by molar-refractivity contribution is -0.150. The molecule has 0 aromatic heterocycles. The smallest absolute Gasteiger partial charge is 0.232 e. The first-order valence-electron chi connectivity index (χ1n) is 16.7. The fourth-order valence-electron chi connectivity index (χ4n) is 10.3. The number of hydrogen-bond acceptors (Lipinski definition) is 5. The number of imide groups is 1. The Hall–Kier alpha value is -3.19. The van der Waals surface area contributed by atoms with Gasteiger partial charge in [-0.1, -0.05) is 52.7 Å². The maximum absolute atomic E-state index is 14.4. The minimum Gasteiger partial charge on any atom is -0.508 e. The number of aryl methyl sites for hydroxylation is 2. The number of carbonyl (C=O) groups is 3. The summed E-state index contributed by atoms with van der Waals surface area (Å²) in [4.78, 5) is 40.9. The van der Waals surface area contributed by atoms with Crippen molar-refractivity contribution in [3.63, 3.8) is 0 Å². The van der Waals surface area contributed by atoms with Gasteiger partial charge in [0.2, 0.25) is 17.7 Å². The number of rotatable bonds is 5. The molecule has 7 heteroatoms.